The second-order valence-corrected chi connectivity index (χ2v) is 2.53. The predicted molar refractivity (Wildman–Crippen MR) is 50.7 cm³/mol. The van der Waals surface area contributed by atoms with Crippen LogP contribution in [0.1, 0.15) is 5.56 Å². The molecule has 5 nitrogen and oxygen atoms in total. The Morgan fingerprint density at radius 1 is 1.57 bits per heavy atom. The Balaban J connectivity index is 3.02. The van der Waals surface area contributed by atoms with Gasteiger partial charge in [-0.3, -0.25) is 10.1 Å². The molecule has 0 atom stereocenters. The molecule has 0 fully saturated rings. The Hall–Kier alpha value is -2.04. The van der Waals surface area contributed by atoms with E-state index in [0.717, 1.165) is 6.20 Å². The van der Waals surface area contributed by atoms with Crippen molar-refractivity contribution in [2.24, 2.45) is 0 Å². The van der Waals surface area contributed by atoms with Crippen LogP contribution in [-0.4, -0.2) is 17.1 Å². The fourth-order valence-corrected chi connectivity index (χ4v) is 0.979. The van der Waals surface area contributed by atoms with Crippen LogP contribution in [0.5, 0.6) is 11.5 Å². The molecule has 0 aromatic heterocycles. The third-order valence-electron chi connectivity index (χ3n) is 1.59. The highest BCUT2D eigenvalue weighted by molar-refractivity contribution is 5.58. The minimum atomic E-state index is -0.563. The SMILES string of the molecule is COc1cc(O)ccc1/C=C\[N+](=O)[O-]. The number of phenols is 1. The number of hydrogen-bond donors (Lipinski definition) is 1. The summed E-state index contributed by atoms with van der Waals surface area (Å²) < 4.78 is 4.92. The minimum absolute atomic E-state index is 0.0557. The van der Waals surface area contributed by atoms with E-state index in [4.69, 9.17) is 9.84 Å². The third-order valence-corrected chi connectivity index (χ3v) is 1.59. The Kier molecular flexibility index (Phi) is 3.06. The number of hydrogen-bond acceptors (Lipinski definition) is 4. The van der Waals surface area contributed by atoms with Gasteiger partial charge in [0, 0.05) is 17.7 Å². The first-order valence-corrected chi connectivity index (χ1v) is 3.82. The second-order valence-electron chi connectivity index (χ2n) is 2.53. The smallest absolute Gasteiger partial charge is 0.235 e. The summed E-state index contributed by atoms with van der Waals surface area (Å²) in [7, 11) is 1.43. The highest BCUT2D eigenvalue weighted by Crippen LogP contribution is 2.24. The van der Waals surface area contributed by atoms with Crippen LogP contribution < -0.4 is 4.74 Å². The van der Waals surface area contributed by atoms with Crippen LogP contribution in [0.4, 0.5) is 0 Å². The van der Waals surface area contributed by atoms with Crippen molar-refractivity contribution in [3.63, 3.8) is 0 Å². The maximum absolute atomic E-state index is 10.1. The van der Waals surface area contributed by atoms with E-state index >= 15 is 0 Å². The number of aromatic hydroxyl groups is 1. The zero-order valence-corrected chi connectivity index (χ0v) is 7.51. The molecule has 1 N–H and O–H groups in total. The lowest BCUT2D eigenvalue weighted by Gasteiger charge is -2.03. The van der Waals surface area contributed by atoms with Crippen LogP contribution in [0.15, 0.2) is 24.4 Å². The van der Waals surface area contributed by atoms with Gasteiger partial charge in [0.25, 0.3) is 0 Å². The molecule has 0 aliphatic rings. The number of benzene rings is 1. The summed E-state index contributed by atoms with van der Waals surface area (Å²) in [5, 5.41) is 19.2. The predicted octanol–water partition coefficient (Wildman–Crippen LogP) is 1.65. The van der Waals surface area contributed by atoms with Crippen molar-refractivity contribution in [3.05, 3.63) is 40.1 Å². The lowest BCUT2D eigenvalue weighted by atomic mass is 10.2. The maximum Gasteiger partial charge on any atom is 0.235 e. The van der Waals surface area contributed by atoms with Gasteiger partial charge in [-0.2, -0.15) is 0 Å². The Morgan fingerprint density at radius 3 is 2.86 bits per heavy atom. The average Bonchev–Trinajstić information content (AvgIpc) is 2.15. The lowest BCUT2D eigenvalue weighted by molar-refractivity contribution is -0.400. The van der Waals surface area contributed by atoms with Crippen LogP contribution in [0.25, 0.3) is 6.08 Å². The summed E-state index contributed by atoms with van der Waals surface area (Å²) in [5.74, 6) is 0.447. The van der Waals surface area contributed by atoms with Gasteiger partial charge in [-0.25, -0.2) is 0 Å². The van der Waals surface area contributed by atoms with Crippen molar-refractivity contribution in [2.45, 2.75) is 0 Å². The molecule has 14 heavy (non-hydrogen) atoms. The van der Waals surface area contributed by atoms with E-state index in [1.54, 1.807) is 0 Å². The second kappa shape index (κ2) is 4.27. The molecule has 0 radical (unpaired) electrons. The maximum atomic E-state index is 10.1. The molecule has 0 amide bonds. The highest BCUT2D eigenvalue weighted by atomic mass is 16.6. The minimum Gasteiger partial charge on any atom is -0.508 e. The standard InChI is InChI=1S/C9H9NO4/c1-14-9-6-8(11)3-2-7(9)4-5-10(12)13/h2-6,11H,1H3/b5-4-. The van der Waals surface area contributed by atoms with E-state index in [0.29, 0.717) is 11.3 Å². The summed E-state index contributed by atoms with van der Waals surface area (Å²) in [4.78, 5) is 9.50. The molecule has 0 spiro atoms. The summed E-state index contributed by atoms with van der Waals surface area (Å²) in [6.07, 6.45) is 2.12. The quantitative estimate of drug-likeness (QED) is 0.587. The van der Waals surface area contributed by atoms with Crippen LogP contribution in [0, 0.1) is 10.1 Å². The van der Waals surface area contributed by atoms with Crippen LogP contribution >= 0.6 is 0 Å². The van der Waals surface area contributed by atoms with Crippen molar-refractivity contribution in [1.82, 2.24) is 0 Å². The molecule has 74 valence electrons. The number of ether oxygens (including phenoxy) is 1. The molecule has 0 unspecified atom stereocenters. The van der Waals surface area contributed by atoms with Crippen molar-refractivity contribution >= 4 is 6.08 Å². The fourth-order valence-electron chi connectivity index (χ4n) is 0.979. The molecule has 1 aromatic rings. The van der Waals surface area contributed by atoms with E-state index in [-0.39, 0.29) is 5.75 Å². The van der Waals surface area contributed by atoms with Crippen molar-refractivity contribution in [2.75, 3.05) is 7.11 Å². The van der Waals surface area contributed by atoms with Gasteiger partial charge in [-0.1, -0.05) is 0 Å². The van der Waals surface area contributed by atoms with E-state index in [1.807, 2.05) is 0 Å². The van der Waals surface area contributed by atoms with Crippen LogP contribution in [0.3, 0.4) is 0 Å². The molecule has 1 rings (SSSR count). The van der Waals surface area contributed by atoms with Gasteiger partial charge >= 0.3 is 0 Å². The van der Waals surface area contributed by atoms with E-state index in [2.05, 4.69) is 0 Å². The van der Waals surface area contributed by atoms with Gasteiger partial charge in [-0.15, -0.1) is 0 Å². The largest absolute Gasteiger partial charge is 0.508 e. The van der Waals surface area contributed by atoms with Crippen molar-refractivity contribution < 1.29 is 14.8 Å². The number of nitro groups is 1. The first-order valence-electron chi connectivity index (χ1n) is 3.82. The van der Waals surface area contributed by atoms with E-state index < -0.39 is 4.92 Å². The molecule has 5 heteroatoms. The number of phenolic OH excluding ortho intramolecular Hbond substituents is 1. The molecule has 0 saturated heterocycles. The Morgan fingerprint density at radius 2 is 2.29 bits per heavy atom. The van der Waals surface area contributed by atoms with Crippen LogP contribution in [-0.2, 0) is 0 Å². The molecule has 0 heterocycles. The zero-order chi connectivity index (χ0) is 10.6. The molecule has 0 bridgehead atoms. The first kappa shape index (κ1) is 10.0. The number of methoxy groups -OCH3 is 1. The van der Waals surface area contributed by atoms with Crippen molar-refractivity contribution in [3.8, 4) is 11.5 Å². The number of nitrogens with zero attached hydrogens (tertiary/aromatic N) is 1. The zero-order valence-electron chi connectivity index (χ0n) is 7.51. The average molecular weight is 195 g/mol. The van der Waals surface area contributed by atoms with Gasteiger partial charge in [-0.05, 0) is 12.1 Å². The van der Waals surface area contributed by atoms with Gasteiger partial charge in [0.1, 0.15) is 11.5 Å². The Labute approximate surface area is 80.4 Å². The highest BCUT2D eigenvalue weighted by Gasteiger charge is 2.01. The molecular weight excluding hydrogens is 186 g/mol. The molecule has 0 aliphatic heterocycles. The molecule has 0 aliphatic carbocycles. The summed E-state index contributed by atoms with van der Waals surface area (Å²) in [6.45, 7) is 0. The molecule has 0 saturated carbocycles. The topological polar surface area (TPSA) is 72.6 Å². The van der Waals surface area contributed by atoms with Crippen LogP contribution in [0.2, 0.25) is 0 Å². The summed E-state index contributed by atoms with van der Waals surface area (Å²) in [5.41, 5.74) is 0.544. The van der Waals surface area contributed by atoms with E-state index in [9.17, 15) is 10.1 Å². The lowest BCUT2D eigenvalue weighted by Crippen LogP contribution is -1.88. The van der Waals surface area contributed by atoms with Crippen molar-refractivity contribution in [1.29, 1.82) is 0 Å². The first-order chi connectivity index (χ1) is 6.63. The van der Waals surface area contributed by atoms with Gasteiger partial charge in [0.05, 0.1) is 12.0 Å². The van der Waals surface area contributed by atoms with E-state index in [1.165, 1.54) is 31.4 Å². The monoisotopic (exact) mass is 195 g/mol. The number of rotatable bonds is 3. The Bertz CT molecular complexity index is 373. The van der Waals surface area contributed by atoms with Gasteiger partial charge in [0.2, 0.25) is 6.20 Å². The van der Waals surface area contributed by atoms with Gasteiger partial charge < -0.3 is 9.84 Å². The molecule has 1 aromatic carbocycles. The summed E-state index contributed by atoms with van der Waals surface area (Å²) in [6, 6.07) is 4.36. The fraction of sp³-hybridized carbons (Fsp3) is 0.111. The summed E-state index contributed by atoms with van der Waals surface area (Å²) >= 11 is 0. The normalized spacial score (nSPS) is 10.4. The molecular formula is C9H9NO4. The van der Waals surface area contributed by atoms with Gasteiger partial charge in [0.15, 0.2) is 0 Å². The third kappa shape index (κ3) is 2.48.